The second-order valence-corrected chi connectivity index (χ2v) is 7.16. The summed E-state index contributed by atoms with van der Waals surface area (Å²) in [5.74, 6) is -1.02. The number of ether oxygens (including phenoxy) is 1. The third-order valence-electron chi connectivity index (χ3n) is 3.78. The van der Waals surface area contributed by atoms with Crippen molar-refractivity contribution < 1.29 is 19.1 Å². The van der Waals surface area contributed by atoms with E-state index in [0.717, 1.165) is 14.8 Å². The zero-order valence-electron chi connectivity index (χ0n) is 15.5. The van der Waals surface area contributed by atoms with Gasteiger partial charge in [0.15, 0.2) is 0 Å². The molecule has 2 amide bonds. The summed E-state index contributed by atoms with van der Waals surface area (Å²) in [5.41, 5.74) is 5.21. The van der Waals surface area contributed by atoms with Gasteiger partial charge in [0.2, 0.25) is 11.8 Å². The molecular formula is C20H20IN3O4. The number of carbonyl (C=O) groups is 3. The lowest BCUT2D eigenvalue weighted by molar-refractivity contribution is -0.124. The fourth-order valence-corrected chi connectivity index (χ4v) is 2.91. The monoisotopic (exact) mass is 493 g/mol. The summed E-state index contributed by atoms with van der Waals surface area (Å²) in [4.78, 5) is 35.2. The highest BCUT2D eigenvalue weighted by Crippen LogP contribution is 2.18. The minimum absolute atomic E-state index is 0.0217. The van der Waals surface area contributed by atoms with Gasteiger partial charge in [-0.15, -0.1) is 0 Å². The van der Waals surface area contributed by atoms with Crippen LogP contribution in [0.15, 0.2) is 47.6 Å². The molecule has 8 heteroatoms. The Morgan fingerprint density at radius 3 is 2.39 bits per heavy atom. The molecule has 2 rings (SSSR count). The number of nitrogens with zero attached hydrogens (tertiary/aromatic N) is 1. The molecule has 0 aliphatic rings. The molecule has 0 fully saturated rings. The van der Waals surface area contributed by atoms with Gasteiger partial charge in [-0.2, -0.15) is 5.10 Å². The lowest BCUT2D eigenvalue weighted by Crippen LogP contribution is -2.20. The molecule has 0 heterocycles. The quantitative estimate of drug-likeness (QED) is 0.268. The van der Waals surface area contributed by atoms with Gasteiger partial charge in [0.1, 0.15) is 0 Å². The largest absolute Gasteiger partial charge is 0.465 e. The van der Waals surface area contributed by atoms with Crippen LogP contribution in [-0.4, -0.2) is 31.1 Å². The molecule has 0 radical (unpaired) electrons. The van der Waals surface area contributed by atoms with Crippen molar-refractivity contribution in [3.63, 3.8) is 0 Å². The van der Waals surface area contributed by atoms with Crippen molar-refractivity contribution in [2.45, 2.75) is 19.8 Å². The Kier molecular flexibility index (Phi) is 8.12. The molecule has 0 atom stereocenters. The average molecular weight is 493 g/mol. The number of halogens is 1. The third kappa shape index (κ3) is 6.76. The molecule has 2 N–H and O–H groups in total. The number of aryl methyl sites for hydroxylation is 1. The maximum atomic E-state index is 12.0. The van der Waals surface area contributed by atoms with Crippen molar-refractivity contribution in [1.29, 1.82) is 0 Å². The predicted molar refractivity (Wildman–Crippen MR) is 115 cm³/mol. The van der Waals surface area contributed by atoms with Crippen LogP contribution in [0.5, 0.6) is 0 Å². The number of benzene rings is 2. The van der Waals surface area contributed by atoms with E-state index in [1.54, 1.807) is 24.3 Å². The van der Waals surface area contributed by atoms with Crippen LogP contribution >= 0.6 is 22.6 Å². The van der Waals surface area contributed by atoms with Gasteiger partial charge in [-0.25, -0.2) is 10.2 Å². The van der Waals surface area contributed by atoms with Gasteiger partial charge in [-0.05, 0) is 71.0 Å². The number of rotatable bonds is 7. The first-order valence-electron chi connectivity index (χ1n) is 8.45. The molecule has 2 aromatic carbocycles. The van der Waals surface area contributed by atoms with Crippen molar-refractivity contribution in [3.05, 3.63) is 62.7 Å². The predicted octanol–water partition coefficient (Wildman–Crippen LogP) is 3.26. The molecule has 0 saturated carbocycles. The fourth-order valence-electron chi connectivity index (χ4n) is 2.26. The molecule has 0 spiro atoms. The number of anilines is 1. The lowest BCUT2D eigenvalue weighted by atomic mass is 10.1. The van der Waals surface area contributed by atoms with E-state index in [0.29, 0.717) is 11.1 Å². The van der Waals surface area contributed by atoms with Crippen LogP contribution in [-0.2, 0) is 14.3 Å². The topological polar surface area (TPSA) is 96.9 Å². The lowest BCUT2D eigenvalue weighted by Gasteiger charge is -2.08. The first-order valence-corrected chi connectivity index (χ1v) is 9.53. The summed E-state index contributed by atoms with van der Waals surface area (Å²) in [6.07, 6.45) is 1.53. The van der Waals surface area contributed by atoms with Crippen molar-refractivity contribution in [3.8, 4) is 0 Å². The SMILES string of the molecule is COC(=O)c1ccc(/C=N/NC(=O)CCC(=O)Nc2ccc(I)cc2C)cc1. The van der Waals surface area contributed by atoms with Gasteiger partial charge < -0.3 is 10.1 Å². The molecule has 0 aliphatic carbocycles. The molecule has 0 saturated heterocycles. The minimum Gasteiger partial charge on any atom is -0.465 e. The van der Waals surface area contributed by atoms with Gasteiger partial charge in [-0.3, -0.25) is 9.59 Å². The summed E-state index contributed by atoms with van der Waals surface area (Å²) in [6.45, 7) is 1.91. The summed E-state index contributed by atoms with van der Waals surface area (Å²) < 4.78 is 5.71. The van der Waals surface area contributed by atoms with Crippen LogP contribution in [0.4, 0.5) is 5.69 Å². The number of nitrogens with one attached hydrogen (secondary N) is 2. The van der Waals surface area contributed by atoms with Crippen molar-refractivity contribution >= 4 is 52.3 Å². The van der Waals surface area contributed by atoms with Gasteiger partial charge in [0.05, 0.1) is 18.9 Å². The zero-order chi connectivity index (χ0) is 20.5. The second-order valence-electron chi connectivity index (χ2n) is 5.91. The Morgan fingerprint density at radius 1 is 1.07 bits per heavy atom. The van der Waals surface area contributed by atoms with Gasteiger partial charge in [-0.1, -0.05) is 12.1 Å². The van der Waals surface area contributed by atoms with E-state index < -0.39 is 5.97 Å². The van der Waals surface area contributed by atoms with Crippen LogP contribution in [0.25, 0.3) is 0 Å². The Morgan fingerprint density at radius 2 is 1.75 bits per heavy atom. The van der Waals surface area contributed by atoms with Crippen LogP contribution in [0, 0.1) is 10.5 Å². The van der Waals surface area contributed by atoms with Crippen molar-refractivity contribution in [2.75, 3.05) is 12.4 Å². The Balaban J connectivity index is 1.76. The number of amides is 2. The first-order chi connectivity index (χ1) is 13.4. The third-order valence-corrected chi connectivity index (χ3v) is 4.45. The van der Waals surface area contributed by atoms with Crippen molar-refractivity contribution in [1.82, 2.24) is 5.43 Å². The maximum Gasteiger partial charge on any atom is 0.337 e. The van der Waals surface area contributed by atoms with Crippen molar-refractivity contribution in [2.24, 2.45) is 5.10 Å². The molecule has 7 nitrogen and oxygen atoms in total. The number of esters is 1. The molecule has 2 aromatic rings. The highest BCUT2D eigenvalue weighted by Gasteiger charge is 2.08. The fraction of sp³-hybridized carbons (Fsp3) is 0.200. The van der Waals surface area contributed by atoms with Gasteiger partial charge in [0.25, 0.3) is 0 Å². The van der Waals surface area contributed by atoms with E-state index in [2.05, 4.69) is 43.2 Å². The summed E-state index contributed by atoms with van der Waals surface area (Å²) in [6, 6.07) is 12.3. The standard InChI is InChI=1S/C20H20IN3O4/c1-13-11-16(21)7-8-17(13)23-18(25)9-10-19(26)24-22-12-14-3-5-15(6-4-14)20(27)28-2/h3-8,11-12H,9-10H2,1-2H3,(H,23,25)(H,24,26)/b22-12+. The molecule has 0 aromatic heterocycles. The van der Waals surface area contributed by atoms with E-state index >= 15 is 0 Å². The summed E-state index contributed by atoms with van der Waals surface area (Å²) in [7, 11) is 1.31. The summed E-state index contributed by atoms with van der Waals surface area (Å²) >= 11 is 2.20. The smallest absolute Gasteiger partial charge is 0.337 e. The number of hydrogen-bond acceptors (Lipinski definition) is 5. The molecule has 28 heavy (non-hydrogen) atoms. The number of methoxy groups -OCH3 is 1. The normalized spacial score (nSPS) is 10.5. The van der Waals surface area contributed by atoms with Gasteiger partial charge >= 0.3 is 5.97 Å². The highest BCUT2D eigenvalue weighted by atomic mass is 127. The minimum atomic E-state index is -0.421. The van der Waals surface area contributed by atoms with Gasteiger partial charge in [0, 0.05) is 22.1 Å². The van der Waals surface area contributed by atoms with Crippen LogP contribution in [0.2, 0.25) is 0 Å². The first kappa shape index (κ1) is 21.5. The van der Waals surface area contributed by atoms with E-state index in [4.69, 9.17) is 0 Å². The maximum absolute atomic E-state index is 12.0. The van der Waals surface area contributed by atoms with E-state index in [1.165, 1.54) is 13.3 Å². The highest BCUT2D eigenvalue weighted by molar-refractivity contribution is 14.1. The Labute approximate surface area is 176 Å². The molecule has 146 valence electrons. The Bertz CT molecular complexity index is 895. The molecule has 0 bridgehead atoms. The summed E-state index contributed by atoms with van der Waals surface area (Å²) in [5, 5.41) is 6.64. The molecule has 0 unspecified atom stereocenters. The van der Waals surface area contributed by atoms with Crippen LogP contribution in [0.3, 0.4) is 0 Å². The number of carbonyl (C=O) groups excluding carboxylic acids is 3. The van der Waals surface area contributed by atoms with E-state index in [9.17, 15) is 14.4 Å². The molecular weight excluding hydrogens is 473 g/mol. The zero-order valence-corrected chi connectivity index (χ0v) is 17.6. The van der Waals surface area contributed by atoms with E-state index in [-0.39, 0.29) is 24.7 Å². The van der Waals surface area contributed by atoms with Crippen LogP contribution < -0.4 is 10.7 Å². The van der Waals surface area contributed by atoms with E-state index in [1.807, 2.05) is 25.1 Å². The molecule has 0 aliphatic heterocycles. The average Bonchev–Trinajstić information content (AvgIpc) is 2.68. The second kappa shape index (κ2) is 10.5. The number of hydrogen-bond donors (Lipinski definition) is 2. The Hall–Kier alpha value is -2.75. The van der Waals surface area contributed by atoms with Crippen LogP contribution in [0.1, 0.15) is 34.3 Å². The number of hydrazone groups is 1.